The molecule has 4 nitrogen and oxygen atoms in total. The van der Waals surface area contributed by atoms with E-state index in [1.54, 1.807) is 19.0 Å². The maximum absolute atomic E-state index is 11.7. The summed E-state index contributed by atoms with van der Waals surface area (Å²) in [5.41, 5.74) is 8.51. The van der Waals surface area contributed by atoms with E-state index in [0.29, 0.717) is 6.54 Å². The second kappa shape index (κ2) is 4.29. The number of likely N-dealkylation sites (N-methyl/N-ethyl adjacent to an activating group) is 1. The fourth-order valence-corrected chi connectivity index (χ4v) is 2.23. The van der Waals surface area contributed by atoms with Crippen LogP contribution in [0.1, 0.15) is 30.1 Å². The molecule has 88 valence electrons. The highest BCUT2D eigenvalue weighted by atomic mass is 16.2. The van der Waals surface area contributed by atoms with Gasteiger partial charge in [0.25, 0.3) is 0 Å². The van der Waals surface area contributed by atoms with E-state index >= 15 is 0 Å². The molecule has 1 aliphatic carbocycles. The average molecular weight is 221 g/mol. The summed E-state index contributed by atoms with van der Waals surface area (Å²) >= 11 is 0. The van der Waals surface area contributed by atoms with Crippen LogP contribution in [0.4, 0.5) is 0 Å². The normalized spacial score (nSPS) is 19.3. The van der Waals surface area contributed by atoms with Crippen LogP contribution in [0.3, 0.4) is 0 Å². The van der Waals surface area contributed by atoms with Gasteiger partial charge in [-0.3, -0.25) is 4.79 Å². The molecule has 1 aromatic heterocycles. The van der Waals surface area contributed by atoms with E-state index in [1.807, 2.05) is 10.8 Å². The van der Waals surface area contributed by atoms with Crippen molar-refractivity contribution in [3.63, 3.8) is 0 Å². The van der Waals surface area contributed by atoms with Crippen molar-refractivity contribution in [2.75, 3.05) is 14.1 Å². The van der Waals surface area contributed by atoms with Gasteiger partial charge >= 0.3 is 0 Å². The number of hydrogen-bond donors (Lipinski definition) is 1. The van der Waals surface area contributed by atoms with Gasteiger partial charge in [0.15, 0.2) is 0 Å². The van der Waals surface area contributed by atoms with Gasteiger partial charge in [0, 0.05) is 32.0 Å². The summed E-state index contributed by atoms with van der Waals surface area (Å²) in [6.45, 7) is 0.426. The van der Waals surface area contributed by atoms with Crippen molar-refractivity contribution in [3.8, 4) is 0 Å². The molecular formula is C12H19N3O. The molecule has 4 heteroatoms. The minimum atomic E-state index is 0.123. The van der Waals surface area contributed by atoms with Crippen molar-refractivity contribution in [1.82, 2.24) is 9.47 Å². The van der Waals surface area contributed by atoms with E-state index in [2.05, 4.69) is 6.07 Å². The van der Waals surface area contributed by atoms with Crippen LogP contribution in [-0.4, -0.2) is 29.5 Å². The lowest BCUT2D eigenvalue weighted by Gasteiger charge is -2.21. The number of nitrogens with zero attached hydrogens (tertiary/aromatic N) is 2. The van der Waals surface area contributed by atoms with E-state index in [0.717, 1.165) is 19.3 Å². The lowest BCUT2D eigenvalue weighted by atomic mass is 9.94. The van der Waals surface area contributed by atoms with Crippen molar-refractivity contribution in [2.24, 2.45) is 5.73 Å². The molecular weight excluding hydrogens is 202 g/mol. The molecule has 0 aliphatic heterocycles. The fraction of sp³-hybridized carbons (Fsp3) is 0.583. The number of carbonyl (C=O) groups excluding carboxylic acids is 1. The standard InChI is InChI=1S/C12H19N3O/c1-14(2)12(16)8-15-7-6-9-10(13)4-3-5-11(9)15/h6-7,10H,3-5,8,13H2,1-2H3. The molecule has 2 N–H and O–H groups in total. The predicted molar refractivity (Wildman–Crippen MR) is 63.0 cm³/mol. The molecule has 0 spiro atoms. The largest absolute Gasteiger partial charge is 0.347 e. The Kier molecular flexibility index (Phi) is 3.01. The summed E-state index contributed by atoms with van der Waals surface area (Å²) in [6, 6.07) is 2.21. The second-order valence-electron chi connectivity index (χ2n) is 4.63. The van der Waals surface area contributed by atoms with Crippen LogP contribution in [0, 0.1) is 0 Å². The van der Waals surface area contributed by atoms with E-state index < -0.39 is 0 Å². The quantitative estimate of drug-likeness (QED) is 0.807. The van der Waals surface area contributed by atoms with Crippen LogP contribution < -0.4 is 5.73 Å². The summed E-state index contributed by atoms with van der Waals surface area (Å²) in [4.78, 5) is 13.3. The Morgan fingerprint density at radius 3 is 3.06 bits per heavy atom. The Morgan fingerprint density at radius 2 is 2.38 bits per heavy atom. The van der Waals surface area contributed by atoms with Gasteiger partial charge in [0.05, 0.1) is 0 Å². The SMILES string of the molecule is CN(C)C(=O)Cn1ccc2c1CCCC2N. The maximum atomic E-state index is 11.7. The minimum absolute atomic E-state index is 0.123. The smallest absolute Gasteiger partial charge is 0.241 e. The Morgan fingerprint density at radius 1 is 1.62 bits per heavy atom. The van der Waals surface area contributed by atoms with E-state index in [9.17, 15) is 4.79 Å². The summed E-state index contributed by atoms with van der Waals surface area (Å²) < 4.78 is 2.04. The van der Waals surface area contributed by atoms with Gasteiger partial charge in [-0.15, -0.1) is 0 Å². The lowest BCUT2D eigenvalue weighted by Crippen LogP contribution is -2.27. The molecule has 0 saturated heterocycles. The molecule has 1 atom stereocenters. The first-order valence-corrected chi connectivity index (χ1v) is 5.73. The van der Waals surface area contributed by atoms with Crippen LogP contribution in [0.15, 0.2) is 12.3 Å². The van der Waals surface area contributed by atoms with Crippen LogP contribution >= 0.6 is 0 Å². The van der Waals surface area contributed by atoms with Crippen molar-refractivity contribution in [1.29, 1.82) is 0 Å². The van der Waals surface area contributed by atoms with Crippen LogP contribution in [-0.2, 0) is 17.8 Å². The third-order valence-corrected chi connectivity index (χ3v) is 3.25. The number of hydrogen-bond acceptors (Lipinski definition) is 2. The number of aromatic nitrogens is 1. The van der Waals surface area contributed by atoms with Gasteiger partial charge in [-0.05, 0) is 30.9 Å². The molecule has 0 radical (unpaired) electrons. The van der Waals surface area contributed by atoms with Gasteiger partial charge in [0.1, 0.15) is 6.54 Å². The molecule has 1 amide bonds. The highest BCUT2D eigenvalue weighted by molar-refractivity contribution is 5.75. The Bertz CT molecular complexity index is 395. The molecule has 0 bridgehead atoms. The Hall–Kier alpha value is -1.29. The van der Waals surface area contributed by atoms with Crippen LogP contribution in [0.2, 0.25) is 0 Å². The number of amides is 1. The Labute approximate surface area is 96.0 Å². The Balaban J connectivity index is 2.20. The fourth-order valence-electron chi connectivity index (χ4n) is 2.23. The molecule has 16 heavy (non-hydrogen) atoms. The first-order chi connectivity index (χ1) is 7.59. The molecule has 2 rings (SSSR count). The van der Waals surface area contributed by atoms with Crippen molar-refractivity contribution in [3.05, 3.63) is 23.5 Å². The highest BCUT2D eigenvalue weighted by Crippen LogP contribution is 2.28. The first-order valence-electron chi connectivity index (χ1n) is 5.73. The van der Waals surface area contributed by atoms with Gasteiger partial charge in [-0.2, -0.15) is 0 Å². The topological polar surface area (TPSA) is 51.3 Å². The zero-order valence-corrected chi connectivity index (χ0v) is 9.94. The predicted octanol–water partition coefficient (Wildman–Crippen LogP) is 0.912. The molecule has 0 aromatic carbocycles. The third kappa shape index (κ3) is 1.97. The molecule has 0 fully saturated rings. The van der Waals surface area contributed by atoms with Crippen molar-refractivity contribution < 1.29 is 4.79 Å². The minimum Gasteiger partial charge on any atom is -0.347 e. The van der Waals surface area contributed by atoms with E-state index in [1.165, 1.54) is 11.3 Å². The van der Waals surface area contributed by atoms with Gasteiger partial charge in [-0.1, -0.05) is 0 Å². The maximum Gasteiger partial charge on any atom is 0.241 e. The number of carbonyl (C=O) groups is 1. The first kappa shape index (κ1) is 11.2. The van der Waals surface area contributed by atoms with Crippen LogP contribution in [0.5, 0.6) is 0 Å². The van der Waals surface area contributed by atoms with Gasteiger partial charge in [0.2, 0.25) is 5.91 Å². The van der Waals surface area contributed by atoms with E-state index in [-0.39, 0.29) is 11.9 Å². The lowest BCUT2D eigenvalue weighted by molar-refractivity contribution is -0.129. The monoisotopic (exact) mass is 221 g/mol. The number of nitrogens with two attached hydrogens (primary N) is 1. The molecule has 1 heterocycles. The van der Waals surface area contributed by atoms with Gasteiger partial charge in [-0.25, -0.2) is 0 Å². The third-order valence-electron chi connectivity index (χ3n) is 3.25. The second-order valence-corrected chi connectivity index (χ2v) is 4.63. The van der Waals surface area contributed by atoms with Crippen molar-refractivity contribution >= 4 is 5.91 Å². The van der Waals surface area contributed by atoms with Gasteiger partial charge < -0.3 is 15.2 Å². The number of rotatable bonds is 2. The molecule has 1 aliphatic rings. The van der Waals surface area contributed by atoms with E-state index in [4.69, 9.17) is 5.73 Å². The summed E-state index contributed by atoms with van der Waals surface area (Å²) in [5.74, 6) is 0.123. The summed E-state index contributed by atoms with van der Waals surface area (Å²) in [7, 11) is 3.56. The highest BCUT2D eigenvalue weighted by Gasteiger charge is 2.20. The van der Waals surface area contributed by atoms with Crippen LogP contribution in [0.25, 0.3) is 0 Å². The summed E-state index contributed by atoms with van der Waals surface area (Å²) in [6.07, 6.45) is 5.20. The number of fused-ring (bicyclic) bond motifs is 1. The van der Waals surface area contributed by atoms with Crippen molar-refractivity contribution in [2.45, 2.75) is 31.8 Å². The summed E-state index contributed by atoms with van der Waals surface area (Å²) in [5, 5.41) is 0. The zero-order valence-electron chi connectivity index (χ0n) is 9.94. The molecule has 1 unspecified atom stereocenters. The molecule has 1 aromatic rings. The zero-order chi connectivity index (χ0) is 11.7. The molecule has 0 saturated carbocycles. The average Bonchev–Trinajstić information content (AvgIpc) is 2.63.